The van der Waals surface area contributed by atoms with Crippen LogP contribution in [0.4, 0.5) is 0 Å². The number of carbonyl (C=O) groups excluding carboxylic acids is 2. The SMILES string of the molecule is CCOC(=O)C1CC2=C1[C@@H](C)C(C(C)=O)CC2. The molecule has 3 heteroatoms. The van der Waals surface area contributed by atoms with Gasteiger partial charge in [0, 0.05) is 5.92 Å². The van der Waals surface area contributed by atoms with Crippen LogP contribution in [0.1, 0.15) is 40.0 Å². The van der Waals surface area contributed by atoms with Crippen LogP contribution in [0.3, 0.4) is 0 Å². The monoisotopic (exact) mass is 236 g/mol. The standard InChI is InChI=1S/C14H20O3/c1-4-17-14(16)12-7-10-5-6-11(9(3)15)8(2)13(10)12/h8,11-12H,4-7H2,1-3H3/t8-,11?,12?/m0/s1. The molecule has 0 bridgehead atoms. The van der Waals surface area contributed by atoms with Crippen molar-refractivity contribution in [3.05, 3.63) is 11.1 Å². The molecule has 0 aromatic rings. The van der Waals surface area contributed by atoms with Crippen molar-refractivity contribution in [2.75, 3.05) is 6.61 Å². The van der Waals surface area contributed by atoms with Crippen LogP contribution in [-0.2, 0) is 14.3 Å². The van der Waals surface area contributed by atoms with Crippen LogP contribution in [-0.4, -0.2) is 18.4 Å². The molecule has 3 atom stereocenters. The topological polar surface area (TPSA) is 43.4 Å². The number of ketones is 1. The lowest BCUT2D eigenvalue weighted by Gasteiger charge is -2.42. The van der Waals surface area contributed by atoms with Gasteiger partial charge in [-0.05, 0) is 39.0 Å². The maximum absolute atomic E-state index is 11.8. The van der Waals surface area contributed by atoms with E-state index >= 15 is 0 Å². The Balaban J connectivity index is 2.13. The molecule has 0 fully saturated rings. The molecule has 0 heterocycles. The maximum Gasteiger partial charge on any atom is 0.313 e. The van der Waals surface area contributed by atoms with E-state index in [1.165, 1.54) is 11.1 Å². The Morgan fingerprint density at radius 1 is 1.41 bits per heavy atom. The first kappa shape index (κ1) is 12.3. The molecule has 94 valence electrons. The van der Waals surface area contributed by atoms with Gasteiger partial charge in [-0.2, -0.15) is 0 Å². The molecular formula is C14H20O3. The maximum atomic E-state index is 11.8. The Morgan fingerprint density at radius 2 is 2.12 bits per heavy atom. The minimum Gasteiger partial charge on any atom is -0.466 e. The number of allylic oxidation sites excluding steroid dienone is 1. The molecule has 2 aliphatic rings. The summed E-state index contributed by atoms with van der Waals surface area (Å²) in [7, 11) is 0. The van der Waals surface area contributed by atoms with E-state index in [0.717, 1.165) is 19.3 Å². The Kier molecular flexibility index (Phi) is 3.36. The number of esters is 1. The van der Waals surface area contributed by atoms with Gasteiger partial charge < -0.3 is 4.74 Å². The number of rotatable bonds is 3. The number of hydrogen-bond donors (Lipinski definition) is 0. The van der Waals surface area contributed by atoms with Gasteiger partial charge in [-0.25, -0.2) is 0 Å². The highest BCUT2D eigenvalue weighted by Gasteiger charge is 2.44. The zero-order chi connectivity index (χ0) is 12.6. The van der Waals surface area contributed by atoms with Crippen molar-refractivity contribution in [2.24, 2.45) is 17.8 Å². The molecule has 0 aliphatic heterocycles. The summed E-state index contributed by atoms with van der Waals surface area (Å²) < 4.78 is 5.08. The van der Waals surface area contributed by atoms with Crippen LogP contribution in [0.25, 0.3) is 0 Å². The Bertz CT molecular complexity index is 381. The molecule has 0 saturated carbocycles. The van der Waals surface area contributed by atoms with Gasteiger partial charge in [0.05, 0.1) is 12.5 Å². The first-order chi connectivity index (χ1) is 8.06. The summed E-state index contributed by atoms with van der Waals surface area (Å²) in [6, 6.07) is 0. The van der Waals surface area contributed by atoms with E-state index in [0.29, 0.717) is 6.61 Å². The first-order valence-corrected chi connectivity index (χ1v) is 6.45. The predicted octanol–water partition coefficient (Wildman–Crippen LogP) is 2.50. The number of hydrogen-bond acceptors (Lipinski definition) is 3. The fourth-order valence-electron chi connectivity index (χ4n) is 3.28. The third kappa shape index (κ3) is 2.03. The minimum atomic E-state index is -0.109. The average Bonchev–Trinajstić information content (AvgIpc) is 2.20. The van der Waals surface area contributed by atoms with Gasteiger partial charge in [0.25, 0.3) is 0 Å². The Labute approximate surface area is 102 Å². The largest absolute Gasteiger partial charge is 0.466 e. The second kappa shape index (κ2) is 4.63. The minimum absolute atomic E-state index is 0.0675. The van der Waals surface area contributed by atoms with E-state index in [2.05, 4.69) is 6.92 Å². The molecule has 0 N–H and O–H groups in total. The molecule has 0 aromatic heterocycles. The molecule has 0 spiro atoms. The zero-order valence-electron chi connectivity index (χ0n) is 10.8. The third-order valence-corrected chi connectivity index (χ3v) is 4.18. The van der Waals surface area contributed by atoms with Crippen molar-refractivity contribution < 1.29 is 14.3 Å². The highest BCUT2D eigenvalue weighted by atomic mass is 16.5. The predicted molar refractivity (Wildman–Crippen MR) is 64.3 cm³/mol. The van der Waals surface area contributed by atoms with Crippen LogP contribution < -0.4 is 0 Å². The lowest BCUT2D eigenvalue weighted by Crippen LogP contribution is -2.38. The van der Waals surface area contributed by atoms with Crippen LogP contribution in [0.5, 0.6) is 0 Å². The van der Waals surface area contributed by atoms with Crippen molar-refractivity contribution in [1.29, 1.82) is 0 Å². The Hall–Kier alpha value is -1.12. The summed E-state index contributed by atoms with van der Waals surface area (Å²) in [6.45, 7) is 5.99. The van der Waals surface area contributed by atoms with Gasteiger partial charge >= 0.3 is 5.97 Å². The number of carbonyl (C=O) groups is 2. The van der Waals surface area contributed by atoms with E-state index in [9.17, 15) is 9.59 Å². The molecule has 0 radical (unpaired) electrons. The normalized spacial score (nSPS) is 31.6. The van der Waals surface area contributed by atoms with Gasteiger partial charge in [-0.3, -0.25) is 9.59 Å². The summed E-state index contributed by atoms with van der Waals surface area (Å²) >= 11 is 0. The van der Waals surface area contributed by atoms with Gasteiger partial charge in [0.2, 0.25) is 0 Å². The second-order valence-electron chi connectivity index (χ2n) is 5.11. The first-order valence-electron chi connectivity index (χ1n) is 6.45. The van der Waals surface area contributed by atoms with Crippen molar-refractivity contribution in [1.82, 2.24) is 0 Å². The van der Waals surface area contributed by atoms with Crippen molar-refractivity contribution in [3.8, 4) is 0 Å². The van der Waals surface area contributed by atoms with Gasteiger partial charge in [-0.15, -0.1) is 0 Å². The van der Waals surface area contributed by atoms with Crippen LogP contribution >= 0.6 is 0 Å². The smallest absolute Gasteiger partial charge is 0.313 e. The molecule has 0 saturated heterocycles. The number of Topliss-reactive ketones (excluding diaryl/α,β-unsaturated/α-hetero) is 1. The van der Waals surface area contributed by atoms with Gasteiger partial charge in [0.1, 0.15) is 5.78 Å². The summed E-state index contributed by atoms with van der Waals surface area (Å²) in [4.78, 5) is 23.3. The van der Waals surface area contributed by atoms with E-state index in [1.54, 1.807) is 6.92 Å². The van der Waals surface area contributed by atoms with E-state index in [1.807, 2.05) is 6.92 Å². The van der Waals surface area contributed by atoms with E-state index < -0.39 is 0 Å². The van der Waals surface area contributed by atoms with Crippen LogP contribution in [0.15, 0.2) is 11.1 Å². The third-order valence-electron chi connectivity index (χ3n) is 4.18. The van der Waals surface area contributed by atoms with E-state index in [4.69, 9.17) is 4.74 Å². The second-order valence-corrected chi connectivity index (χ2v) is 5.11. The zero-order valence-corrected chi connectivity index (χ0v) is 10.8. The number of ether oxygens (including phenoxy) is 1. The lowest BCUT2D eigenvalue weighted by molar-refractivity contribution is -0.148. The average molecular weight is 236 g/mol. The molecule has 3 nitrogen and oxygen atoms in total. The van der Waals surface area contributed by atoms with Crippen molar-refractivity contribution >= 4 is 11.8 Å². The van der Waals surface area contributed by atoms with Gasteiger partial charge in [-0.1, -0.05) is 18.1 Å². The Morgan fingerprint density at radius 3 is 2.71 bits per heavy atom. The molecule has 2 rings (SSSR count). The molecule has 0 aromatic carbocycles. The molecule has 0 amide bonds. The highest BCUT2D eigenvalue weighted by molar-refractivity contribution is 5.82. The van der Waals surface area contributed by atoms with Crippen LogP contribution in [0, 0.1) is 17.8 Å². The van der Waals surface area contributed by atoms with Crippen LogP contribution in [0.2, 0.25) is 0 Å². The summed E-state index contributed by atoms with van der Waals surface area (Å²) in [5.41, 5.74) is 2.60. The van der Waals surface area contributed by atoms with Crippen molar-refractivity contribution in [3.63, 3.8) is 0 Å². The molecular weight excluding hydrogens is 216 g/mol. The summed E-state index contributed by atoms with van der Waals surface area (Å²) in [5.74, 6) is 0.397. The molecule has 17 heavy (non-hydrogen) atoms. The summed E-state index contributed by atoms with van der Waals surface area (Å²) in [5, 5.41) is 0. The fraction of sp³-hybridized carbons (Fsp3) is 0.714. The quantitative estimate of drug-likeness (QED) is 0.558. The van der Waals surface area contributed by atoms with E-state index in [-0.39, 0.29) is 29.5 Å². The molecule has 2 aliphatic carbocycles. The highest BCUT2D eigenvalue weighted by Crippen LogP contribution is 2.49. The van der Waals surface area contributed by atoms with Gasteiger partial charge in [0.15, 0.2) is 0 Å². The summed E-state index contributed by atoms with van der Waals surface area (Å²) in [6.07, 6.45) is 2.79. The van der Waals surface area contributed by atoms with Crippen molar-refractivity contribution in [2.45, 2.75) is 40.0 Å². The molecule has 2 unspecified atom stereocenters. The lowest BCUT2D eigenvalue weighted by atomic mass is 9.62. The fourth-order valence-corrected chi connectivity index (χ4v) is 3.28.